The minimum Gasteiger partial charge on any atom is -0.296 e. The van der Waals surface area contributed by atoms with Crippen molar-refractivity contribution in [3.63, 3.8) is 0 Å². The Labute approximate surface area is 143 Å². The van der Waals surface area contributed by atoms with Crippen LogP contribution in [-0.2, 0) is 6.54 Å². The molecule has 0 radical (unpaired) electrons. The molecule has 0 bridgehead atoms. The lowest BCUT2D eigenvalue weighted by Crippen LogP contribution is -2.40. The monoisotopic (exact) mass is 330 g/mol. The van der Waals surface area contributed by atoms with Gasteiger partial charge in [-0.25, -0.2) is 0 Å². The van der Waals surface area contributed by atoms with Gasteiger partial charge in [0.2, 0.25) is 0 Å². The summed E-state index contributed by atoms with van der Waals surface area (Å²) < 4.78 is 0. The Morgan fingerprint density at radius 3 is 2.87 bits per heavy atom. The van der Waals surface area contributed by atoms with Crippen LogP contribution in [0.4, 0.5) is 0 Å². The summed E-state index contributed by atoms with van der Waals surface area (Å²) in [6.45, 7) is 12.4. The van der Waals surface area contributed by atoms with E-state index in [1.54, 1.807) is 11.3 Å². The lowest BCUT2D eigenvalue weighted by molar-refractivity contribution is 0.0941. The maximum Gasteiger partial charge on any atom is 0.166 e. The quantitative estimate of drug-likeness (QED) is 0.847. The molecule has 0 aromatic carbocycles. The van der Waals surface area contributed by atoms with E-state index in [2.05, 4.69) is 53.8 Å². The average molecular weight is 331 g/mol. The fourth-order valence-electron chi connectivity index (χ4n) is 3.17. The predicted molar refractivity (Wildman–Crippen MR) is 95.3 cm³/mol. The van der Waals surface area contributed by atoms with Crippen LogP contribution in [0, 0.1) is 18.3 Å². The third-order valence-electron chi connectivity index (χ3n) is 4.69. The van der Waals surface area contributed by atoms with Gasteiger partial charge in [0.15, 0.2) is 5.01 Å². The third-order valence-corrected chi connectivity index (χ3v) is 5.62. The van der Waals surface area contributed by atoms with Crippen LogP contribution in [0.1, 0.15) is 44.2 Å². The Morgan fingerprint density at radius 1 is 1.30 bits per heavy atom. The second kappa shape index (κ2) is 6.65. The van der Waals surface area contributed by atoms with Gasteiger partial charge < -0.3 is 0 Å². The zero-order chi connectivity index (χ0) is 16.4. The summed E-state index contributed by atoms with van der Waals surface area (Å²) in [6, 6.07) is 4.08. The van der Waals surface area contributed by atoms with Crippen molar-refractivity contribution in [2.24, 2.45) is 11.3 Å². The van der Waals surface area contributed by atoms with Crippen LogP contribution in [0.15, 0.2) is 18.3 Å². The number of aryl methyl sites for hydroxylation is 1. The van der Waals surface area contributed by atoms with Gasteiger partial charge in [0, 0.05) is 12.7 Å². The van der Waals surface area contributed by atoms with Gasteiger partial charge in [0.1, 0.15) is 10.7 Å². The molecule has 0 N–H and O–H groups in total. The van der Waals surface area contributed by atoms with Gasteiger partial charge in [-0.15, -0.1) is 10.2 Å². The van der Waals surface area contributed by atoms with E-state index in [0.717, 1.165) is 28.2 Å². The zero-order valence-corrected chi connectivity index (χ0v) is 15.4. The highest BCUT2D eigenvalue weighted by Gasteiger charge is 2.29. The van der Waals surface area contributed by atoms with Crippen LogP contribution in [0.2, 0.25) is 0 Å². The largest absolute Gasteiger partial charge is 0.296 e. The number of hydrogen-bond acceptors (Lipinski definition) is 5. The summed E-state index contributed by atoms with van der Waals surface area (Å²) in [6.07, 6.45) is 4.46. The van der Waals surface area contributed by atoms with Gasteiger partial charge >= 0.3 is 0 Å². The van der Waals surface area contributed by atoms with Crippen LogP contribution in [0.5, 0.6) is 0 Å². The maximum atomic E-state index is 4.41. The first-order chi connectivity index (χ1) is 10.9. The molecule has 0 amide bonds. The molecule has 1 aliphatic heterocycles. The van der Waals surface area contributed by atoms with E-state index in [0.29, 0.717) is 5.41 Å². The van der Waals surface area contributed by atoms with E-state index in [1.807, 2.05) is 12.3 Å². The number of piperidine rings is 1. The molecule has 4 nitrogen and oxygen atoms in total. The fourth-order valence-corrected chi connectivity index (χ4v) is 4.02. The van der Waals surface area contributed by atoms with Crippen LogP contribution in [0.3, 0.4) is 0 Å². The standard InChI is InChI=1S/C18H26N4S/c1-13-7-8-19-15(10-13)17-21-20-16(23-17)12-22-9-5-6-14(11-22)18(2,3)4/h7-8,10,14H,5-6,9,11-12H2,1-4H3. The Morgan fingerprint density at radius 2 is 2.13 bits per heavy atom. The normalized spacial score (nSPS) is 19.9. The van der Waals surface area contributed by atoms with Crippen molar-refractivity contribution in [3.05, 3.63) is 28.9 Å². The van der Waals surface area contributed by atoms with E-state index in [4.69, 9.17) is 0 Å². The Kier molecular flexibility index (Phi) is 4.78. The Bertz CT molecular complexity index is 659. The molecule has 0 spiro atoms. The summed E-state index contributed by atoms with van der Waals surface area (Å²) >= 11 is 1.67. The minimum atomic E-state index is 0.385. The van der Waals surface area contributed by atoms with E-state index in [-0.39, 0.29) is 0 Å². The molecule has 0 aliphatic carbocycles. The topological polar surface area (TPSA) is 41.9 Å². The van der Waals surface area contributed by atoms with E-state index in [1.165, 1.54) is 31.5 Å². The molecule has 1 fully saturated rings. The molecule has 23 heavy (non-hydrogen) atoms. The maximum absolute atomic E-state index is 4.41. The second-order valence-electron chi connectivity index (χ2n) is 7.66. The predicted octanol–water partition coefficient (Wildman–Crippen LogP) is 4.17. The lowest BCUT2D eigenvalue weighted by Gasteiger charge is -2.39. The van der Waals surface area contributed by atoms with Crippen molar-refractivity contribution in [1.29, 1.82) is 0 Å². The molecule has 2 aromatic heterocycles. The molecule has 3 heterocycles. The van der Waals surface area contributed by atoms with Crippen molar-refractivity contribution in [2.45, 2.75) is 47.1 Å². The molecule has 2 aromatic rings. The average Bonchev–Trinajstić information content (AvgIpc) is 2.95. The summed E-state index contributed by atoms with van der Waals surface area (Å²) in [5.41, 5.74) is 2.52. The molecule has 1 unspecified atom stereocenters. The Hall–Kier alpha value is -1.33. The van der Waals surface area contributed by atoms with Crippen molar-refractivity contribution >= 4 is 11.3 Å². The molecule has 1 saturated heterocycles. The fraction of sp³-hybridized carbons (Fsp3) is 0.611. The van der Waals surface area contributed by atoms with Crippen molar-refractivity contribution < 1.29 is 0 Å². The number of hydrogen-bond donors (Lipinski definition) is 0. The second-order valence-corrected chi connectivity index (χ2v) is 8.72. The van der Waals surface area contributed by atoms with E-state index < -0.39 is 0 Å². The Balaban J connectivity index is 1.67. The van der Waals surface area contributed by atoms with Crippen LogP contribution in [-0.4, -0.2) is 33.2 Å². The van der Waals surface area contributed by atoms with Crippen molar-refractivity contribution in [1.82, 2.24) is 20.1 Å². The molecule has 1 atom stereocenters. The van der Waals surface area contributed by atoms with Crippen LogP contribution < -0.4 is 0 Å². The highest BCUT2D eigenvalue weighted by Crippen LogP contribution is 2.34. The third kappa shape index (κ3) is 4.15. The first-order valence-electron chi connectivity index (χ1n) is 8.39. The van der Waals surface area contributed by atoms with Crippen LogP contribution in [0.25, 0.3) is 10.7 Å². The molecule has 0 saturated carbocycles. The lowest BCUT2D eigenvalue weighted by atomic mass is 9.76. The highest BCUT2D eigenvalue weighted by atomic mass is 32.1. The number of aromatic nitrogens is 3. The first-order valence-corrected chi connectivity index (χ1v) is 9.21. The van der Waals surface area contributed by atoms with Crippen molar-refractivity contribution in [3.8, 4) is 10.7 Å². The van der Waals surface area contributed by atoms with Crippen LogP contribution >= 0.6 is 11.3 Å². The van der Waals surface area contributed by atoms with Gasteiger partial charge in [-0.05, 0) is 55.3 Å². The van der Waals surface area contributed by atoms with Gasteiger partial charge in [0.05, 0.1) is 6.54 Å². The van der Waals surface area contributed by atoms with Crippen molar-refractivity contribution in [2.75, 3.05) is 13.1 Å². The number of likely N-dealkylation sites (tertiary alicyclic amines) is 1. The number of rotatable bonds is 3. The smallest absolute Gasteiger partial charge is 0.166 e. The summed E-state index contributed by atoms with van der Waals surface area (Å²) in [5.74, 6) is 0.766. The molecule has 3 rings (SSSR count). The first kappa shape index (κ1) is 16.5. The van der Waals surface area contributed by atoms with E-state index in [9.17, 15) is 0 Å². The number of nitrogens with zero attached hydrogens (tertiary/aromatic N) is 4. The summed E-state index contributed by atoms with van der Waals surface area (Å²) in [7, 11) is 0. The SMILES string of the molecule is Cc1ccnc(-c2nnc(CN3CCCC(C(C)(C)C)C3)s2)c1. The highest BCUT2D eigenvalue weighted by molar-refractivity contribution is 7.14. The van der Waals surface area contributed by atoms with Gasteiger partial charge in [-0.3, -0.25) is 9.88 Å². The molecular formula is C18H26N4S. The summed E-state index contributed by atoms with van der Waals surface area (Å²) in [4.78, 5) is 6.94. The van der Waals surface area contributed by atoms with E-state index >= 15 is 0 Å². The minimum absolute atomic E-state index is 0.385. The molecule has 5 heteroatoms. The van der Waals surface area contributed by atoms with Gasteiger partial charge in [-0.2, -0.15) is 0 Å². The molecule has 124 valence electrons. The molecule has 1 aliphatic rings. The number of pyridine rings is 1. The zero-order valence-electron chi connectivity index (χ0n) is 14.5. The van der Waals surface area contributed by atoms with Gasteiger partial charge in [-0.1, -0.05) is 32.1 Å². The van der Waals surface area contributed by atoms with Gasteiger partial charge in [0.25, 0.3) is 0 Å². The summed E-state index contributed by atoms with van der Waals surface area (Å²) in [5, 5.41) is 10.7. The molecular weight excluding hydrogens is 304 g/mol.